The van der Waals surface area contributed by atoms with Crippen LogP contribution in [0.25, 0.3) is 11.1 Å². The van der Waals surface area contributed by atoms with Gasteiger partial charge in [0, 0.05) is 0 Å². The van der Waals surface area contributed by atoms with Crippen LogP contribution < -0.4 is 0 Å². The fraction of sp³-hybridized carbons (Fsp3) is 0.556. The molecule has 2 nitrogen and oxygen atoms in total. The minimum atomic E-state index is -1.06. The normalized spacial score (nSPS) is 14.0. The summed E-state index contributed by atoms with van der Waals surface area (Å²) < 4.78 is 0. The quantitative estimate of drug-likeness (QED) is 0.688. The molecule has 5 heteroatoms. The number of hydrogen-bond donors (Lipinski definition) is 2. The van der Waals surface area contributed by atoms with Crippen LogP contribution in [0.2, 0.25) is 0 Å². The van der Waals surface area contributed by atoms with Crippen molar-refractivity contribution in [3.63, 3.8) is 0 Å². The summed E-state index contributed by atoms with van der Waals surface area (Å²) in [5.74, 6) is 0. The summed E-state index contributed by atoms with van der Waals surface area (Å²) in [6, 6.07) is 11.0. The molecule has 0 aromatic heterocycles. The second-order valence-corrected chi connectivity index (χ2v) is 13.6. The monoisotopic (exact) mass is 432 g/mol. The van der Waals surface area contributed by atoms with Crippen LogP contribution in [-0.4, -0.2) is 33.8 Å². The average Bonchev–Trinajstić information content (AvgIpc) is 2.56. The zero-order valence-corrected chi connectivity index (χ0v) is 22.8. The van der Waals surface area contributed by atoms with Crippen molar-refractivity contribution in [2.45, 2.75) is 96.4 Å². The van der Waals surface area contributed by atoms with E-state index >= 15 is 0 Å². The highest BCUT2D eigenvalue weighted by atomic mass is 16.3. The van der Waals surface area contributed by atoms with Crippen molar-refractivity contribution in [3.05, 3.63) is 58.1 Å². The molecule has 0 saturated carbocycles. The van der Waals surface area contributed by atoms with Crippen LogP contribution in [0.1, 0.15) is 97.1 Å². The van der Waals surface area contributed by atoms with Crippen molar-refractivity contribution in [1.82, 2.24) is 0 Å². The van der Waals surface area contributed by atoms with Crippen LogP contribution in [0.4, 0.5) is 0 Å². The molecule has 0 fully saturated rings. The van der Waals surface area contributed by atoms with E-state index in [0.29, 0.717) is 0 Å². The Morgan fingerprint density at radius 1 is 0.500 bits per heavy atom. The lowest BCUT2D eigenvalue weighted by atomic mass is 9.61. The number of rotatable bonds is 6. The summed E-state index contributed by atoms with van der Waals surface area (Å²) in [4.78, 5) is 0. The summed E-state index contributed by atoms with van der Waals surface area (Å²) in [6.07, 6.45) is 0. The first-order chi connectivity index (χ1) is 14.0. The van der Waals surface area contributed by atoms with Crippen LogP contribution in [-0.2, 0) is 27.1 Å². The van der Waals surface area contributed by atoms with E-state index < -0.39 is 11.2 Å². The van der Waals surface area contributed by atoms with Gasteiger partial charge in [-0.2, -0.15) is 0 Å². The molecule has 0 spiro atoms. The second-order valence-electron chi connectivity index (χ2n) is 13.6. The Labute approximate surface area is 199 Å². The van der Waals surface area contributed by atoms with Crippen LogP contribution in [0, 0.1) is 0 Å². The number of aliphatic hydroxyl groups is 2. The van der Waals surface area contributed by atoms with E-state index in [9.17, 15) is 10.2 Å². The summed E-state index contributed by atoms with van der Waals surface area (Å²) in [6.45, 7) is 20.7. The maximum Gasteiger partial charge on any atom is 0.114 e. The van der Waals surface area contributed by atoms with E-state index in [1.165, 1.54) is 11.1 Å². The highest BCUT2D eigenvalue weighted by molar-refractivity contribution is 6.17. The molecule has 0 unspecified atom stereocenters. The predicted octanol–water partition coefficient (Wildman–Crippen LogP) is 3.41. The fourth-order valence-electron chi connectivity index (χ4n) is 4.02. The average molecular weight is 432 g/mol. The molecule has 2 aromatic rings. The van der Waals surface area contributed by atoms with E-state index in [0.717, 1.165) is 27.8 Å². The topological polar surface area (TPSA) is 40.5 Å². The van der Waals surface area contributed by atoms with Gasteiger partial charge in [0.2, 0.25) is 0 Å². The van der Waals surface area contributed by atoms with Gasteiger partial charge in [-0.25, -0.2) is 0 Å². The van der Waals surface area contributed by atoms with E-state index in [1.807, 2.05) is 19.9 Å². The van der Waals surface area contributed by atoms with Gasteiger partial charge in [0.1, 0.15) is 23.5 Å². The molecule has 2 rings (SSSR count). The molecule has 32 heavy (non-hydrogen) atoms. The first kappa shape index (κ1) is 26.8. The first-order valence-corrected chi connectivity index (χ1v) is 11.8. The molecule has 0 saturated heterocycles. The van der Waals surface area contributed by atoms with Crippen LogP contribution in [0.3, 0.4) is 0 Å². The molecule has 0 radical (unpaired) electrons. The third-order valence-corrected chi connectivity index (χ3v) is 6.27. The van der Waals surface area contributed by atoms with Gasteiger partial charge in [0.05, 0.1) is 11.2 Å². The molecule has 2 N–H and O–H groups in total. The van der Waals surface area contributed by atoms with Gasteiger partial charge in [-0.1, -0.05) is 65.8 Å². The Kier molecular flexibility index (Phi) is 6.78. The molecule has 0 aliphatic heterocycles. The fourth-order valence-corrected chi connectivity index (χ4v) is 4.02. The Bertz CT molecular complexity index is 923. The molecule has 0 aliphatic rings. The minimum absolute atomic E-state index is 0.000167. The molecule has 0 amide bonds. The number of hydrogen-bond acceptors (Lipinski definition) is 2. The third-order valence-electron chi connectivity index (χ3n) is 6.27. The lowest BCUT2D eigenvalue weighted by molar-refractivity contribution is 0.0720. The SMILES string of the molecule is BC(C)(C)c1cc(-c2c(C(B)(C)C)cc(C(C)(C)O)cc2C(C)(C)O)cc(C(B)(C)C)c1. The minimum Gasteiger partial charge on any atom is -0.386 e. The lowest BCUT2D eigenvalue weighted by Crippen LogP contribution is -2.27. The highest BCUT2D eigenvalue weighted by Crippen LogP contribution is 2.43. The largest absolute Gasteiger partial charge is 0.386 e. The molecule has 0 bridgehead atoms. The Hall–Kier alpha value is -1.45. The van der Waals surface area contributed by atoms with Crippen LogP contribution >= 0.6 is 0 Å². The van der Waals surface area contributed by atoms with Gasteiger partial charge < -0.3 is 10.2 Å². The van der Waals surface area contributed by atoms with Gasteiger partial charge in [-0.3, -0.25) is 0 Å². The van der Waals surface area contributed by atoms with E-state index in [2.05, 4.69) is 89.3 Å². The summed E-state index contributed by atoms with van der Waals surface area (Å²) >= 11 is 0. The zero-order chi connectivity index (χ0) is 25.1. The van der Waals surface area contributed by atoms with Crippen LogP contribution in [0.15, 0.2) is 30.3 Å². The summed E-state index contributed by atoms with van der Waals surface area (Å²) in [5, 5.41) is 22.0. The second kappa shape index (κ2) is 8.10. The van der Waals surface area contributed by atoms with Crippen molar-refractivity contribution in [2.24, 2.45) is 0 Å². The lowest BCUT2D eigenvalue weighted by Gasteiger charge is -2.34. The Morgan fingerprint density at radius 2 is 0.906 bits per heavy atom. The predicted molar refractivity (Wildman–Crippen MR) is 147 cm³/mol. The molecule has 0 heterocycles. The van der Waals surface area contributed by atoms with Crippen molar-refractivity contribution < 1.29 is 10.2 Å². The van der Waals surface area contributed by atoms with E-state index in [4.69, 9.17) is 0 Å². The van der Waals surface area contributed by atoms with E-state index in [-0.39, 0.29) is 15.9 Å². The van der Waals surface area contributed by atoms with Gasteiger partial charge in [-0.05, 0) is 88.6 Å². The van der Waals surface area contributed by atoms with Crippen molar-refractivity contribution >= 4 is 23.5 Å². The first-order valence-electron chi connectivity index (χ1n) is 11.8. The van der Waals surface area contributed by atoms with Crippen molar-refractivity contribution in [3.8, 4) is 11.1 Å². The van der Waals surface area contributed by atoms with Crippen LogP contribution in [0.5, 0.6) is 0 Å². The van der Waals surface area contributed by atoms with Gasteiger partial charge >= 0.3 is 0 Å². The smallest absolute Gasteiger partial charge is 0.114 e. The van der Waals surface area contributed by atoms with E-state index in [1.54, 1.807) is 13.8 Å². The third kappa shape index (κ3) is 5.91. The maximum atomic E-state index is 11.3. The van der Waals surface area contributed by atoms with Crippen molar-refractivity contribution in [2.75, 3.05) is 0 Å². The molecule has 2 aromatic carbocycles. The standard InChI is InChI=1S/C27H43B3O2/c1-23(2,28)17-11-16(12-18(13-17)24(3,4)29)22-20(25(5,6)30)14-19(26(7,8)31)15-21(22)27(9,10)32/h11-15,31-32H,28-30H2,1-10H3. The van der Waals surface area contributed by atoms with Gasteiger partial charge in [0.15, 0.2) is 0 Å². The summed E-state index contributed by atoms with van der Waals surface area (Å²) in [5.41, 5.74) is 5.54. The van der Waals surface area contributed by atoms with Gasteiger partial charge in [-0.15, -0.1) is 0 Å². The van der Waals surface area contributed by atoms with Crippen molar-refractivity contribution in [1.29, 1.82) is 0 Å². The Balaban J connectivity index is 3.12. The summed E-state index contributed by atoms with van der Waals surface area (Å²) in [7, 11) is 6.70. The maximum absolute atomic E-state index is 11.3. The zero-order valence-electron chi connectivity index (χ0n) is 22.8. The molecular formula is C27H43B3O2. The molecule has 0 aliphatic carbocycles. The highest BCUT2D eigenvalue weighted by Gasteiger charge is 2.32. The number of benzene rings is 2. The van der Waals surface area contributed by atoms with Gasteiger partial charge in [0.25, 0.3) is 0 Å². The molecular weight excluding hydrogens is 389 g/mol. The molecule has 172 valence electrons. The Morgan fingerprint density at radius 3 is 1.22 bits per heavy atom. The molecule has 0 atom stereocenters.